The van der Waals surface area contributed by atoms with Gasteiger partial charge in [0.25, 0.3) is 0 Å². The van der Waals surface area contributed by atoms with E-state index in [2.05, 4.69) is 0 Å². The number of alkyl halides is 1. The fourth-order valence-corrected chi connectivity index (χ4v) is 4.09. The Bertz CT molecular complexity index is 388. The first-order chi connectivity index (χ1) is 8.13. The molecule has 1 fully saturated rings. The molecule has 1 aromatic rings. The lowest BCUT2D eigenvalue weighted by atomic mass is 9.86. The molecular weight excluding hydrogens is 256 g/mol. The van der Waals surface area contributed by atoms with E-state index in [1.54, 1.807) is 12.1 Å². The molecule has 0 spiro atoms. The molecule has 2 nitrogen and oxygen atoms in total. The molecule has 0 aromatic heterocycles. The van der Waals surface area contributed by atoms with Crippen molar-refractivity contribution < 1.29 is 9.32 Å². The number of hydrogen-bond acceptors (Lipinski definition) is 2. The van der Waals surface area contributed by atoms with Crippen molar-refractivity contribution in [2.45, 2.75) is 47.3 Å². The van der Waals surface area contributed by atoms with Gasteiger partial charge in [-0.3, -0.25) is 4.21 Å². The van der Waals surface area contributed by atoms with Gasteiger partial charge in [-0.25, -0.2) is 0 Å². The summed E-state index contributed by atoms with van der Waals surface area (Å²) in [6.45, 7) is 0. The van der Waals surface area contributed by atoms with Crippen molar-refractivity contribution in [2.24, 2.45) is 0 Å². The van der Waals surface area contributed by atoms with Gasteiger partial charge in [0, 0.05) is 4.90 Å². The Kier molecular flexibility index (Phi) is 4.23. The van der Waals surface area contributed by atoms with Crippen molar-refractivity contribution in [1.82, 2.24) is 0 Å². The molecule has 0 amide bonds. The second-order valence-corrected chi connectivity index (χ2v) is 6.82. The quantitative estimate of drug-likeness (QED) is 0.859. The van der Waals surface area contributed by atoms with Gasteiger partial charge in [0.1, 0.15) is 4.71 Å². The SMILES string of the molecule is O=[S@@](c1ccccc1)[C@@H](Cl)C1(O)CCCCC1. The van der Waals surface area contributed by atoms with Gasteiger partial charge in [0.15, 0.2) is 0 Å². The normalized spacial score (nSPS) is 22.9. The number of hydrogen-bond donors (Lipinski definition) is 1. The largest absolute Gasteiger partial charge is 0.387 e. The van der Waals surface area contributed by atoms with Crippen LogP contribution in [0.1, 0.15) is 32.1 Å². The van der Waals surface area contributed by atoms with Crippen molar-refractivity contribution in [1.29, 1.82) is 0 Å². The first-order valence-corrected chi connectivity index (χ1v) is 7.60. The maximum Gasteiger partial charge on any atom is 0.142 e. The molecule has 17 heavy (non-hydrogen) atoms. The summed E-state index contributed by atoms with van der Waals surface area (Å²) in [5, 5.41) is 10.4. The minimum atomic E-state index is -1.35. The average molecular weight is 273 g/mol. The fourth-order valence-electron chi connectivity index (χ4n) is 2.26. The highest BCUT2D eigenvalue weighted by molar-refractivity contribution is 7.87. The Labute approximate surface area is 109 Å². The van der Waals surface area contributed by atoms with Crippen LogP contribution in [0.25, 0.3) is 0 Å². The van der Waals surface area contributed by atoms with E-state index in [0.717, 1.165) is 19.3 Å². The molecular formula is C13H17ClO2S. The Hall–Kier alpha value is -0.380. The van der Waals surface area contributed by atoms with Gasteiger partial charge in [0.05, 0.1) is 16.4 Å². The highest BCUT2D eigenvalue weighted by atomic mass is 35.5. The molecule has 0 bridgehead atoms. The zero-order chi connectivity index (χ0) is 12.3. The van der Waals surface area contributed by atoms with Gasteiger partial charge in [-0.15, -0.1) is 11.6 Å². The summed E-state index contributed by atoms with van der Waals surface area (Å²) >= 11 is 6.24. The third-order valence-electron chi connectivity index (χ3n) is 3.31. The van der Waals surface area contributed by atoms with Crippen LogP contribution in [0.4, 0.5) is 0 Å². The lowest BCUT2D eigenvalue weighted by Crippen LogP contribution is -2.43. The van der Waals surface area contributed by atoms with Crippen LogP contribution in [0.3, 0.4) is 0 Å². The van der Waals surface area contributed by atoms with Crippen LogP contribution < -0.4 is 0 Å². The molecule has 0 radical (unpaired) electrons. The summed E-state index contributed by atoms with van der Waals surface area (Å²) in [4.78, 5) is 0.687. The summed E-state index contributed by atoms with van der Waals surface area (Å²) in [5.41, 5.74) is -0.972. The van der Waals surface area contributed by atoms with E-state index < -0.39 is 21.1 Å². The molecule has 0 saturated heterocycles. The second kappa shape index (κ2) is 5.51. The van der Waals surface area contributed by atoms with Crippen LogP contribution in [-0.4, -0.2) is 19.6 Å². The van der Waals surface area contributed by atoms with Gasteiger partial charge in [-0.05, 0) is 25.0 Å². The van der Waals surface area contributed by atoms with E-state index in [-0.39, 0.29) is 0 Å². The summed E-state index contributed by atoms with van der Waals surface area (Å²) in [7, 11) is -1.35. The predicted molar refractivity (Wildman–Crippen MR) is 70.5 cm³/mol. The molecule has 2 atom stereocenters. The summed E-state index contributed by atoms with van der Waals surface area (Å²) < 4.78 is 11.6. The number of benzene rings is 1. The minimum absolute atomic E-state index is 0.653. The first kappa shape index (κ1) is 13.1. The molecule has 4 heteroatoms. The average Bonchev–Trinajstić information content (AvgIpc) is 2.39. The highest BCUT2D eigenvalue weighted by Crippen LogP contribution is 2.36. The molecule has 1 aromatic carbocycles. The molecule has 1 N–H and O–H groups in total. The number of rotatable bonds is 3. The van der Waals surface area contributed by atoms with Crippen molar-refractivity contribution in [3.05, 3.63) is 30.3 Å². The topological polar surface area (TPSA) is 37.3 Å². The molecule has 0 unspecified atom stereocenters. The number of aliphatic hydroxyl groups is 1. The lowest BCUT2D eigenvalue weighted by molar-refractivity contribution is 0.0175. The Morgan fingerprint density at radius 3 is 2.35 bits per heavy atom. The number of halogens is 1. The van der Waals surface area contributed by atoms with Gasteiger partial charge >= 0.3 is 0 Å². The first-order valence-electron chi connectivity index (χ1n) is 5.95. The van der Waals surface area contributed by atoms with E-state index in [9.17, 15) is 9.32 Å². The van der Waals surface area contributed by atoms with E-state index >= 15 is 0 Å². The molecule has 94 valence electrons. The Morgan fingerprint density at radius 1 is 1.18 bits per heavy atom. The van der Waals surface area contributed by atoms with Crippen LogP contribution in [0, 0.1) is 0 Å². The molecule has 1 aliphatic carbocycles. The van der Waals surface area contributed by atoms with Crippen LogP contribution in [0.5, 0.6) is 0 Å². The fraction of sp³-hybridized carbons (Fsp3) is 0.538. The molecule has 1 aliphatic rings. The second-order valence-electron chi connectivity index (χ2n) is 4.59. The van der Waals surface area contributed by atoms with E-state index in [1.807, 2.05) is 18.2 Å². The van der Waals surface area contributed by atoms with Gasteiger partial charge in [-0.1, -0.05) is 37.5 Å². The Balaban J connectivity index is 2.14. The van der Waals surface area contributed by atoms with E-state index in [0.29, 0.717) is 17.7 Å². The smallest absolute Gasteiger partial charge is 0.142 e. The van der Waals surface area contributed by atoms with Gasteiger partial charge in [-0.2, -0.15) is 0 Å². The molecule has 0 heterocycles. The maximum absolute atomic E-state index is 12.3. The third-order valence-corrected chi connectivity index (χ3v) is 5.75. The lowest BCUT2D eigenvalue weighted by Gasteiger charge is -2.35. The molecule has 2 rings (SSSR count). The summed E-state index contributed by atoms with van der Waals surface area (Å²) in [6.07, 6.45) is 4.36. The van der Waals surface area contributed by atoms with Crippen LogP contribution in [0.15, 0.2) is 35.2 Å². The van der Waals surface area contributed by atoms with Gasteiger partial charge < -0.3 is 5.11 Å². The summed E-state index contributed by atoms with van der Waals surface area (Å²) in [5.74, 6) is 0. The molecule has 0 aliphatic heterocycles. The van der Waals surface area contributed by atoms with Crippen LogP contribution >= 0.6 is 11.6 Å². The van der Waals surface area contributed by atoms with Crippen LogP contribution in [0.2, 0.25) is 0 Å². The minimum Gasteiger partial charge on any atom is -0.387 e. The van der Waals surface area contributed by atoms with E-state index in [1.165, 1.54) is 0 Å². The van der Waals surface area contributed by atoms with Crippen molar-refractivity contribution in [2.75, 3.05) is 0 Å². The van der Waals surface area contributed by atoms with Crippen LogP contribution in [-0.2, 0) is 10.8 Å². The van der Waals surface area contributed by atoms with E-state index in [4.69, 9.17) is 11.6 Å². The Morgan fingerprint density at radius 2 is 1.76 bits per heavy atom. The van der Waals surface area contributed by atoms with Crippen molar-refractivity contribution in [3.8, 4) is 0 Å². The van der Waals surface area contributed by atoms with Crippen molar-refractivity contribution in [3.63, 3.8) is 0 Å². The highest BCUT2D eigenvalue weighted by Gasteiger charge is 2.40. The summed E-state index contributed by atoms with van der Waals surface area (Å²) in [6, 6.07) is 9.12. The zero-order valence-corrected chi connectivity index (χ0v) is 11.2. The standard InChI is InChI=1S/C13H17ClO2S/c14-12(13(15)9-5-2-6-10-13)17(16)11-7-3-1-4-8-11/h1,3-4,7-8,12,15H,2,5-6,9-10H2/t12-,17+/m1/s1. The van der Waals surface area contributed by atoms with Crippen molar-refractivity contribution >= 4 is 22.4 Å². The third kappa shape index (κ3) is 2.90. The zero-order valence-electron chi connectivity index (χ0n) is 9.64. The predicted octanol–water partition coefficient (Wildman–Crippen LogP) is 3.05. The molecule has 1 saturated carbocycles. The van der Waals surface area contributed by atoms with Gasteiger partial charge in [0.2, 0.25) is 0 Å². The monoisotopic (exact) mass is 272 g/mol. The maximum atomic E-state index is 12.3.